The van der Waals surface area contributed by atoms with Crippen LogP contribution in [0, 0.1) is 6.92 Å². The third-order valence-corrected chi connectivity index (χ3v) is 7.07. The number of ether oxygens (including phenoxy) is 2. The van der Waals surface area contributed by atoms with E-state index in [1.807, 2.05) is 68.5 Å². The maximum Gasteiger partial charge on any atom is 0.270 e. The average molecular weight is 530 g/mol. The normalized spacial score (nSPS) is 14.7. The molecule has 0 atom stereocenters. The summed E-state index contributed by atoms with van der Waals surface area (Å²) in [7, 11) is 0. The average Bonchev–Trinajstić information content (AvgIpc) is 3.09. The fraction of sp³-hybridized carbons (Fsp3) is 0.154. The molecule has 0 aromatic heterocycles. The van der Waals surface area contributed by atoms with E-state index in [4.69, 9.17) is 44.9 Å². The molecule has 0 aliphatic carbocycles. The molecule has 1 saturated heterocycles. The van der Waals surface area contributed by atoms with Crippen LogP contribution in [0.1, 0.15) is 23.6 Å². The number of hydrogen-bond donors (Lipinski definition) is 0. The molecule has 4 nitrogen and oxygen atoms in total. The minimum absolute atomic E-state index is 0.142. The summed E-state index contributed by atoms with van der Waals surface area (Å²) in [6.45, 7) is 4.69. The molecule has 1 amide bonds. The van der Waals surface area contributed by atoms with Crippen molar-refractivity contribution in [2.45, 2.75) is 20.5 Å². The van der Waals surface area contributed by atoms with Crippen LogP contribution < -0.4 is 14.4 Å². The quantitative estimate of drug-likeness (QED) is 0.231. The van der Waals surface area contributed by atoms with E-state index in [0.717, 1.165) is 22.4 Å². The Labute approximate surface area is 218 Å². The topological polar surface area (TPSA) is 38.8 Å². The third-order valence-electron chi connectivity index (χ3n) is 5.03. The lowest BCUT2D eigenvalue weighted by Gasteiger charge is -2.14. The van der Waals surface area contributed by atoms with Gasteiger partial charge in [-0.2, -0.15) is 0 Å². The standard InChI is InChI=1S/C26H21Cl2NO3S2/c1-3-31-23-13-17(7-11-22(23)32-15-18-6-10-20(27)21(28)12-18)14-24-25(30)29(26(33)34-24)19-8-4-16(2)5-9-19/h4-14H,3,15H2,1-2H3/b24-14-. The number of anilines is 1. The summed E-state index contributed by atoms with van der Waals surface area (Å²) in [6.07, 6.45) is 1.82. The molecule has 0 radical (unpaired) electrons. The van der Waals surface area contributed by atoms with Crippen molar-refractivity contribution in [1.82, 2.24) is 0 Å². The van der Waals surface area contributed by atoms with E-state index in [-0.39, 0.29) is 5.91 Å². The maximum absolute atomic E-state index is 13.1. The molecule has 174 valence electrons. The van der Waals surface area contributed by atoms with E-state index in [2.05, 4.69) is 0 Å². The Morgan fingerprint density at radius 1 is 0.971 bits per heavy atom. The lowest BCUT2D eigenvalue weighted by molar-refractivity contribution is -0.113. The zero-order valence-corrected chi connectivity index (χ0v) is 21.7. The molecular formula is C26H21Cl2NO3S2. The Kier molecular flexibility index (Phi) is 7.84. The summed E-state index contributed by atoms with van der Waals surface area (Å²) >= 11 is 18.8. The van der Waals surface area contributed by atoms with E-state index in [0.29, 0.717) is 44.0 Å². The Balaban J connectivity index is 1.54. The highest BCUT2D eigenvalue weighted by Gasteiger charge is 2.33. The fourth-order valence-electron chi connectivity index (χ4n) is 3.33. The van der Waals surface area contributed by atoms with Crippen LogP contribution in [0.25, 0.3) is 6.08 Å². The predicted molar refractivity (Wildman–Crippen MR) is 145 cm³/mol. The first-order valence-corrected chi connectivity index (χ1v) is 12.5. The number of rotatable bonds is 7. The number of aryl methyl sites for hydroxylation is 1. The molecule has 0 N–H and O–H groups in total. The number of thioether (sulfide) groups is 1. The summed E-state index contributed by atoms with van der Waals surface area (Å²) in [5.41, 5.74) is 3.59. The molecule has 0 bridgehead atoms. The summed E-state index contributed by atoms with van der Waals surface area (Å²) in [5.74, 6) is 1.04. The van der Waals surface area contributed by atoms with Gasteiger partial charge in [-0.05, 0) is 67.4 Å². The van der Waals surface area contributed by atoms with Crippen molar-refractivity contribution in [3.8, 4) is 11.5 Å². The predicted octanol–water partition coefficient (Wildman–Crippen LogP) is 7.69. The largest absolute Gasteiger partial charge is 0.490 e. The van der Waals surface area contributed by atoms with Crippen LogP contribution in [-0.2, 0) is 11.4 Å². The van der Waals surface area contributed by atoms with E-state index >= 15 is 0 Å². The van der Waals surface area contributed by atoms with Gasteiger partial charge in [0, 0.05) is 0 Å². The molecule has 4 rings (SSSR count). The van der Waals surface area contributed by atoms with Crippen LogP contribution in [0.3, 0.4) is 0 Å². The van der Waals surface area contributed by atoms with Gasteiger partial charge >= 0.3 is 0 Å². The molecule has 1 aliphatic rings. The van der Waals surface area contributed by atoms with Gasteiger partial charge in [0.1, 0.15) is 6.61 Å². The monoisotopic (exact) mass is 529 g/mol. The zero-order valence-electron chi connectivity index (χ0n) is 18.5. The number of halogens is 2. The molecule has 1 aliphatic heterocycles. The van der Waals surface area contributed by atoms with Crippen molar-refractivity contribution in [3.05, 3.63) is 92.3 Å². The number of nitrogens with zero attached hydrogens (tertiary/aromatic N) is 1. The number of carbonyl (C=O) groups is 1. The smallest absolute Gasteiger partial charge is 0.270 e. The van der Waals surface area contributed by atoms with Crippen LogP contribution >= 0.6 is 47.2 Å². The second-order valence-corrected chi connectivity index (χ2v) is 10.0. The van der Waals surface area contributed by atoms with Crippen molar-refractivity contribution in [2.75, 3.05) is 11.5 Å². The van der Waals surface area contributed by atoms with Gasteiger partial charge in [0.05, 0.1) is 27.2 Å². The second kappa shape index (κ2) is 10.8. The molecule has 0 saturated carbocycles. The Hall–Kier alpha value is -2.51. The molecule has 8 heteroatoms. The van der Waals surface area contributed by atoms with Crippen LogP contribution in [0.5, 0.6) is 11.5 Å². The number of carbonyl (C=O) groups excluding carboxylic acids is 1. The Morgan fingerprint density at radius 2 is 1.74 bits per heavy atom. The third kappa shape index (κ3) is 5.58. The second-order valence-electron chi connectivity index (χ2n) is 7.53. The molecule has 34 heavy (non-hydrogen) atoms. The van der Waals surface area contributed by atoms with Crippen LogP contribution in [-0.4, -0.2) is 16.8 Å². The Morgan fingerprint density at radius 3 is 2.44 bits per heavy atom. The number of hydrogen-bond acceptors (Lipinski definition) is 5. The molecule has 1 heterocycles. The van der Waals surface area contributed by atoms with E-state index in [9.17, 15) is 4.79 Å². The van der Waals surface area contributed by atoms with Gasteiger partial charge in [-0.15, -0.1) is 0 Å². The highest BCUT2D eigenvalue weighted by molar-refractivity contribution is 8.27. The van der Waals surface area contributed by atoms with Crippen LogP contribution in [0.4, 0.5) is 5.69 Å². The first-order valence-electron chi connectivity index (χ1n) is 10.5. The van der Waals surface area contributed by atoms with E-state index < -0.39 is 0 Å². The van der Waals surface area contributed by atoms with Gasteiger partial charge in [0.25, 0.3) is 5.91 Å². The van der Waals surface area contributed by atoms with Gasteiger partial charge in [0.15, 0.2) is 15.8 Å². The summed E-state index contributed by atoms with van der Waals surface area (Å²) in [5, 5.41) is 0.976. The minimum Gasteiger partial charge on any atom is -0.490 e. The maximum atomic E-state index is 13.1. The number of benzene rings is 3. The van der Waals surface area contributed by atoms with Crippen molar-refractivity contribution >= 4 is 69.2 Å². The van der Waals surface area contributed by atoms with Crippen LogP contribution in [0.15, 0.2) is 65.6 Å². The molecular weight excluding hydrogens is 509 g/mol. The van der Waals surface area contributed by atoms with Crippen molar-refractivity contribution in [1.29, 1.82) is 0 Å². The zero-order chi connectivity index (χ0) is 24.2. The molecule has 0 spiro atoms. The summed E-state index contributed by atoms with van der Waals surface area (Å²) < 4.78 is 12.3. The first-order chi connectivity index (χ1) is 16.4. The lowest BCUT2D eigenvalue weighted by Crippen LogP contribution is -2.27. The molecule has 3 aromatic carbocycles. The SMILES string of the molecule is CCOc1cc(/C=C2\SC(=S)N(c3ccc(C)cc3)C2=O)ccc1OCc1ccc(Cl)c(Cl)c1. The van der Waals surface area contributed by atoms with Gasteiger partial charge in [0.2, 0.25) is 0 Å². The van der Waals surface area contributed by atoms with Crippen molar-refractivity contribution < 1.29 is 14.3 Å². The highest BCUT2D eigenvalue weighted by Crippen LogP contribution is 2.37. The Bertz CT molecular complexity index is 1280. The minimum atomic E-state index is -0.142. The first kappa shape index (κ1) is 24.6. The van der Waals surface area contributed by atoms with Gasteiger partial charge in [-0.1, -0.05) is 77.0 Å². The van der Waals surface area contributed by atoms with Crippen molar-refractivity contribution in [3.63, 3.8) is 0 Å². The summed E-state index contributed by atoms with van der Waals surface area (Å²) in [4.78, 5) is 15.2. The molecule has 1 fully saturated rings. The van der Waals surface area contributed by atoms with Gasteiger partial charge in [-0.3, -0.25) is 9.69 Å². The molecule has 0 unspecified atom stereocenters. The molecule has 3 aromatic rings. The van der Waals surface area contributed by atoms with Gasteiger partial charge in [-0.25, -0.2) is 0 Å². The van der Waals surface area contributed by atoms with Gasteiger partial charge < -0.3 is 9.47 Å². The van der Waals surface area contributed by atoms with Crippen LogP contribution in [0.2, 0.25) is 10.0 Å². The fourth-order valence-corrected chi connectivity index (χ4v) is 4.95. The van der Waals surface area contributed by atoms with E-state index in [1.54, 1.807) is 17.0 Å². The van der Waals surface area contributed by atoms with Crippen molar-refractivity contribution in [2.24, 2.45) is 0 Å². The number of thiocarbonyl (C=S) groups is 1. The van der Waals surface area contributed by atoms with E-state index in [1.165, 1.54) is 11.8 Å². The number of amides is 1. The summed E-state index contributed by atoms with van der Waals surface area (Å²) in [6, 6.07) is 18.7. The lowest BCUT2D eigenvalue weighted by atomic mass is 10.1. The highest BCUT2D eigenvalue weighted by atomic mass is 35.5.